The molecule has 2 aliphatic heterocycles. The van der Waals surface area contributed by atoms with Crippen LogP contribution in [0.15, 0.2) is 88.7 Å². The van der Waals surface area contributed by atoms with E-state index in [-0.39, 0.29) is 17.4 Å². The summed E-state index contributed by atoms with van der Waals surface area (Å²) in [6.07, 6.45) is -4.78. The second kappa shape index (κ2) is 10.8. The van der Waals surface area contributed by atoms with Gasteiger partial charge in [0, 0.05) is 16.5 Å². The van der Waals surface area contributed by atoms with Crippen LogP contribution in [0.5, 0.6) is 5.75 Å². The molecule has 0 saturated carbocycles. The topological polar surface area (TPSA) is 109 Å². The third kappa shape index (κ3) is 5.09. The summed E-state index contributed by atoms with van der Waals surface area (Å²) in [5.74, 6) is -3.38. The summed E-state index contributed by atoms with van der Waals surface area (Å²) in [5, 5.41) is 2.07. The molecular formula is C29H20F3N3O5S2. The number of ether oxygens (including phenoxy) is 1. The standard InChI is InChI=1S/C29H20F3N3O5S2/c30-29(31,32)18-8-4-5-9-19(18)35-26(37)22-21(23-25(34-28(39)42-23)41-24(22)27(35)38)15-10-12-17(13-11-15)40-14-20(36)33-16-6-2-1-3-7-16/h1-13,21-22,24H,14H2,(H,33,36)(H,34,39). The first-order valence-corrected chi connectivity index (χ1v) is 14.3. The van der Waals surface area contributed by atoms with Crippen molar-refractivity contribution in [3.05, 3.63) is 105 Å². The van der Waals surface area contributed by atoms with Gasteiger partial charge in [-0.1, -0.05) is 65.6 Å². The number of thioether (sulfide) groups is 1. The Kier molecular flexibility index (Phi) is 7.15. The predicted octanol–water partition coefficient (Wildman–Crippen LogP) is 5.27. The largest absolute Gasteiger partial charge is 0.484 e. The molecule has 0 spiro atoms. The summed E-state index contributed by atoms with van der Waals surface area (Å²) < 4.78 is 47.0. The van der Waals surface area contributed by atoms with Crippen LogP contribution in [-0.2, 0) is 20.6 Å². The lowest BCUT2D eigenvalue weighted by Crippen LogP contribution is -2.33. The van der Waals surface area contributed by atoms with Gasteiger partial charge in [-0.25, -0.2) is 4.90 Å². The lowest BCUT2D eigenvalue weighted by molar-refractivity contribution is -0.137. The number of aromatic nitrogens is 1. The molecule has 1 saturated heterocycles. The van der Waals surface area contributed by atoms with E-state index in [9.17, 15) is 32.3 Å². The van der Waals surface area contributed by atoms with Gasteiger partial charge in [-0.05, 0) is 42.0 Å². The summed E-state index contributed by atoms with van der Waals surface area (Å²) >= 11 is 1.87. The number of anilines is 2. The van der Waals surface area contributed by atoms with E-state index in [0.29, 0.717) is 31.8 Å². The van der Waals surface area contributed by atoms with E-state index in [4.69, 9.17) is 4.74 Å². The fourth-order valence-electron chi connectivity index (χ4n) is 5.16. The second-order valence-corrected chi connectivity index (χ2v) is 11.7. The Hall–Kier alpha value is -4.36. The van der Waals surface area contributed by atoms with Crippen molar-refractivity contribution in [2.24, 2.45) is 5.92 Å². The van der Waals surface area contributed by atoms with Crippen molar-refractivity contribution >= 4 is 52.2 Å². The molecule has 6 rings (SSSR count). The number of nitrogens with zero attached hydrogens (tertiary/aromatic N) is 1. The molecule has 13 heteroatoms. The smallest absolute Gasteiger partial charge is 0.418 e. The highest BCUT2D eigenvalue weighted by molar-refractivity contribution is 8.00. The van der Waals surface area contributed by atoms with Crippen LogP contribution in [-0.4, -0.2) is 34.6 Å². The SMILES string of the molecule is O=C(COc1ccc(C2c3sc(=O)[nH]c3SC3C(=O)N(c4ccccc4C(F)(F)F)C(=O)C32)cc1)Nc1ccccc1. The lowest BCUT2D eigenvalue weighted by atomic mass is 9.83. The van der Waals surface area contributed by atoms with Gasteiger partial charge in [0.1, 0.15) is 11.0 Å². The van der Waals surface area contributed by atoms with E-state index in [1.807, 2.05) is 6.07 Å². The molecule has 0 bridgehead atoms. The van der Waals surface area contributed by atoms with Crippen LogP contribution in [0.3, 0.4) is 0 Å². The van der Waals surface area contributed by atoms with Crippen LogP contribution in [0.1, 0.15) is 21.9 Å². The zero-order valence-electron chi connectivity index (χ0n) is 21.4. The molecule has 1 aromatic heterocycles. The molecule has 4 aromatic rings. The molecule has 3 heterocycles. The highest BCUT2D eigenvalue weighted by Crippen LogP contribution is 2.54. The van der Waals surface area contributed by atoms with Crippen LogP contribution in [0.25, 0.3) is 0 Å². The Morgan fingerprint density at radius 2 is 1.62 bits per heavy atom. The number of aromatic amines is 1. The molecule has 1 fully saturated rings. The number of carbonyl (C=O) groups is 3. The minimum absolute atomic E-state index is 0.261. The van der Waals surface area contributed by atoms with Gasteiger partial charge in [0.05, 0.1) is 22.2 Å². The van der Waals surface area contributed by atoms with Gasteiger partial charge in [-0.2, -0.15) is 13.2 Å². The van der Waals surface area contributed by atoms with Crippen molar-refractivity contribution in [1.82, 2.24) is 4.98 Å². The zero-order chi connectivity index (χ0) is 29.6. The molecule has 3 unspecified atom stereocenters. The number of fused-ring (bicyclic) bond motifs is 2. The normalized spacial score (nSPS) is 19.8. The maximum atomic E-state index is 13.8. The minimum atomic E-state index is -4.78. The number of rotatable bonds is 6. The monoisotopic (exact) mass is 611 g/mol. The number of halogens is 3. The number of alkyl halides is 3. The summed E-state index contributed by atoms with van der Waals surface area (Å²) in [6, 6.07) is 19.8. The van der Waals surface area contributed by atoms with E-state index in [2.05, 4.69) is 10.3 Å². The Labute approximate surface area is 244 Å². The Bertz CT molecular complexity index is 1740. The van der Waals surface area contributed by atoms with Gasteiger partial charge >= 0.3 is 11.0 Å². The van der Waals surface area contributed by atoms with Gasteiger partial charge in [0.25, 0.3) is 5.91 Å². The number of imide groups is 1. The number of carbonyl (C=O) groups excluding carboxylic acids is 3. The maximum Gasteiger partial charge on any atom is 0.418 e. The van der Waals surface area contributed by atoms with E-state index < -0.39 is 46.3 Å². The predicted molar refractivity (Wildman–Crippen MR) is 151 cm³/mol. The number of benzene rings is 3. The number of thiazole rings is 1. The van der Waals surface area contributed by atoms with Gasteiger partial charge in [-0.15, -0.1) is 0 Å². The number of hydrogen-bond donors (Lipinski definition) is 2. The van der Waals surface area contributed by atoms with Crippen LogP contribution in [0.2, 0.25) is 0 Å². The van der Waals surface area contributed by atoms with Crippen LogP contribution >= 0.6 is 23.1 Å². The van der Waals surface area contributed by atoms with Crippen molar-refractivity contribution in [1.29, 1.82) is 0 Å². The number of hydrogen-bond acceptors (Lipinski definition) is 7. The highest BCUT2D eigenvalue weighted by atomic mass is 32.2. The van der Waals surface area contributed by atoms with Crippen molar-refractivity contribution in [2.75, 3.05) is 16.8 Å². The third-order valence-corrected chi connectivity index (χ3v) is 9.34. The molecule has 3 atom stereocenters. The van der Waals surface area contributed by atoms with E-state index >= 15 is 0 Å². The zero-order valence-corrected chi connectivity index (χ0v) is 23.0. The molecule has 42 heavy (non-hydrogen) atoms. The van der Waals surface area contributed by atoms with Gasteiger partial charge in [0.15, 0.2) is 6.61 Å². The van der Waals surface area contributed by atoms with Gasteiger partial charge < -0.3 is 15.0 Å². The van der Waals surface area contributed by atoms with Crippen LogP contribution in [0.4, 0.5) is 24.5 Å². The minimum Gasteiger partial charge on any atom is -0.484 e. The number of para-hydroxylation sites is 2. The average molecular weight is 612 g/mol. The van der Waals surface area contributed by atoms with E-state index in [1.165, 1.54) is 12.1 Å². The van der Waals surface area contributed by atoms with Crippen LogP contribution in [0, 0.1) is 5.92 Å². The maximum absolute atomic E-state index is 13.8. The molecule has 0 radical (unpaired) electrons. The molecule has 2 N–H and O–H groups in total. The molecule has 8 nitrogen and oxygen atoms in total. The van der Waals surface area contributed by atoms with E-state index in [1.54, 1.807) is 48.5 Å². The Morgan fingerprint density at radius 3 is 2.33 bits per heavy atom. The summed E-state index contributed by atoms with van der Waals surface area (Å²) in [5.41, 5.74) is -0.429. The number of amides is 3. The van der Waals surface area contributed by atoms with Crippen LogP contribution < -0.4 is 19.8 Å². The summed E-state index contributed by atoms with van der Waals surface area (Å²) in [4.78, 5) is 55.3. The van der Waals surface area contributed by atoms with Crippen molar-refractivity contribution < 1.29 is 32.3 Å². The number of H-pyrrole nitrogens is 1. The van der Waals surface area contributed by atoms with Gasteiger partial charge in [-0.3, -0.25) is 19.2 Å². The first kappa shape index (κ1) is 27.8. The van der Waals surface area contributed by atoms with Gasteiger partial charge in [0.2, 0.25) is 11.8 Å². The molecule has 3 aromatic carbocycles. The molecule has 3 amide bonds. The van der Waals surface area contributed by atoms with Crippen molar-refractivity contribution in [3.63, 3.8) is 0 Å². The molecule has 0 aliphatic carbocycles. The highest BCUT2D eigenvalue weighted by Gasteiger charge is 2.57. The second-order valence-electron chi connectivity index (χ2n) is 9.55. The quantitative estimate of drug-likeness (QED) is 0.288. The first-order chi connectivity index (χ1) is 20.1. The molecule has 214 valence electrons. The third-order valence-electron chi connectivity index (χ3n) is 6.94. The molecule has 2 aliphatic rings. The first-order valence-electron chi connectivity index (χ1n) is 12.6. The average Bonchev–Trinajstić information content (AvgIpc) is 3.46. The number of nitrogens with one attached hydrogen (secondary N) is 2. The fourth-order valence-corrected chi connectivity index (χ4v) is 7.68. The van der Waals surface area contributed by atoms with Crippen molar-refractivity contribution in [3.8, 4) is 5.75 Å². The Balaban J connectivity index is 1.29. The van der Waals surface area contributed by atoms with E-state index in [0.717, 1.165) is 35.2 Å². The van der Waals surface area contributed by atoms with Crippen molar-refractivity contribution in [2.45, 2.75) is 22.4 Å². The summed E-state index contributed by atoms with van der Waals surface area (Å²) in [7, 11) is 0. The Morgan fingerprint density at radius 1 is 0.929 bits per heavy atom. The molecular weight excluding hydrogens is 591 g/mol. The summed E-state index contributed by atoms with van der Waals surface area (Å²) in [6.45, 7) is -0.261. The lowest BCUT2D eigenvalue weighted by Gasteiger charge is -2.29. The fraction of sp³-hybridized carbons (Fsp3) is 0.172.